The van der Waals surface area contributed by atoms with Gasteiger partial charge in [0.25, 0.3) is 0 Å². The summed E-state index contributed by atoms with van der Waals surface area (Å²) in [6.07, 6.45) is 4.17. The van der Waals surface area contributed by atoms with Crippen molar-refractivity contribution in [3.63, 3.8) is 0 Å². The smallest absolute Gasteiger partial charge is 0.247 e. The molecule has 0 unspecified atom stereocenters. The molecule has 0 saturated carbocycles. The average molecular weight is 307 g/mol. The molecule has 1 aromatic carbocycles. The van der Waals surface area contributed by atoms with Crippen LogP contribution in [0.1, 0.15) is 12.5 Å². The minimum Gasteiger partial charge on any atom is -0.508 e. The highest BCUT2D eigenvalue weighted by molar-refractivity contribution is 5.84. The first kappa shape index (κ1) is 14.8. The largest absolute Gasteiger partial charge is 0.508 e. The molecule has 2 aromatic heterocycles. The van der Waals surface area contributed by atoms with Crippen LogP contribution in [0.2, 0.25) is 0 Å². The van der Waals surface area contributed by atoms with Gasteiger partial charge in [-0.25, -0.2) is 4.98 Å². The third-order valence-corrected chi connectivity index (χ3v) is 3.82. The fourth-order valence-electron chi connectivity index (χ4n) is 2.71. The van der Waals surface area contributed by atoms with Crippen LogP contribution in [0.5, 0.6) is 5.75 Å². The zero-order valence-electron chi connectivity index (χ0n) is 12.7. The number of aromatic hydroxyl groups is 1. The molecule has 0 radical (unpaired) electrons. The maximum atomic E-state index is 11.3. The van der Waals surface area contributed by atoms with Crippen molar-refractivity contribution in [1.82, 2.24) is 9.97 Å². The van der Waals surface area contributed by atoms with Gasteiger partial charge < -0.3 is 15.8 Å². The highest BCUT2D eigenvalue weighted by Gasteiger charge is 2.15. The van der Waals surface area contributed by atoms with E-state index in [0.29, 0.717) is 5.82 Å². The predicted molar refractivity (Wildman–Crippen MR) is 91.2 cm³/mol. The number of hydrogen-bond donors (Lipinski definition) is 3. The molecule has 116 valence electrons. The second kappa shape index (κ2) is 5.96. The molecule has 2 heterocycles. The van der Waals surface area contributed by atoms with Crippen molar-refractivity contribution in [2.75, 3.05) is 5.73 Å². The van der Waals surface area contributed by atoms with Crippen LogP contribution >= 0.6 is 0 Å². The first-order chi connectivity index (χ1) is 11.1. The molecule has 5 nitrogen and oxygen atoms in total. The Kier molecular flexibility index (Phi) is 3.85. The van der Waals surface area contributed by atoms with Gasteiger partial charge in [0.05, 0.1) is 0 Å². The van der Waals surface area contributed by atoms with E-state index in [2.05, 4.69) is 9.97 Å². The molecule has 0 amide bonds. The van der Waals surface area contributed by atoms with Crippen molar-refractivity contribution in [2.24, 2.45) is 0 Å². The quantitative estimate of drug-likeness (QED) is 0.693. The Labute approximate surface area is 133 Å². The van der Waals surface area contributed by atoms with Gasteiger partial charge in [-0.05, 0) is 41.3 Å². The van der Waals surface area contributed by atoms with E-state index in [-0.39, 0.29) is 11.3 Å². The minimum absolute atomic E-state index is 0.144. The second-order valence-electron chi connectivity index (χ2n) is 5.25. The fourth-order valence-corrected chi connectivity index (χ4v) is 2.71. The van der Waals surface area contributed by atoms with Crippen LogP contribution in [0, 0.1) is 0 Å². The summed E-state index contributed by atoms with van der Waals surface area (Å²) in [4.78, 5) is 18.3. The number of nitrogens with two attached hydrogens (primary N) is 1. The Hall–Kier alpha value is -3.08. The summed E-state index contributed by atoms with van der Waals surface area (Å²) in [6.45, 7) is 2.05. The number of hydrogen-bond acceptors (Lipinski definition) is 4. The summed E-state index contributed by atoms with van der Waals surface area (Å²) in [5.41, 5.74) is 10.6. The summed E-state index contributed by atoms with van der Waals surface area (Å²) in [5.74, 6) is 0.649. The molecule has 0 aliphatic carbocycles. The SMILES string of the molecule is CCc1c(-c2ccc(=O)[nH]c2)cnc(N)c1-c1ccc(O)cc1. The van der Waals surface area contributed by atoms with Crippen molar-refractivity contribution in [2.45, 2.75) is 13.3 Å². The molecule has 3 aromatic rings. The number of nitrogens with zero attached hydrogens (tertiary/aromatic N) is 1. The summed E-state index contributed by atoms with van der Waals surface area (Å²) in [7, 11) is 0. The number of benzene rings is 1. The van der Waals surface area contributed by atoms with Crippen molar-refractivity contribution in [1.29, 1.82) is 0 Å². The number of H-pyrrole nitrogens is 1. The highest BCUT2D eigenvalue weighted by atomic mass is 16.3. The molecule has 3 rings (SSSR count). The Morgan fingerprint density at radius 1 is 1.13 bits per heavy atom. The van der Waals surface area contributed by atoms with Crippen LogP contribution < -0.4 is 11.3 Å². The molecule has 0 fully saturated rings. The van der Waals surface area contributed by atoms with Gasteiger partial charge in [0.2, 0.25) is 5.56 Å². The van der Waals surface area contributed by atoms with E-state index in [1.54, 1.807) is 30.6 Å². The van der Waals surface area contributed by atoms with Crippen LogP contribution in [-0.4, -0.2) is 15.1 Å². The van der Waals surface area contributed by atoms with Crippen LogP contribution in [0.3, 0.4) is 0 Å². The minimum atomic E-state index is -0.144. The third kappa shape index (κ3) is 2.81. The first-order valence-electron chi connectivity index (χ1n) is 7.36. The Morgan fingerprint density at radius 3 is 2.43 bits per heavy atom. The van der Waals surface area contributed by atoms with E-state index >= 15 is 0 Å². The zero-order chi connectivity index (χ0) is 16.4. The van der Waals surface area contributed by atoms with Crippen molar-refractivity contribution in [3.05, 3.63) is 64.7 Å². The molecule has 0 aliphatic heterocycles. The summed E-state index contributed by atoms with van der Waals surface area (Å²) < 4.78 is 0. The zero-order valence-corrected chi connectivity index (χ0v) is 12.7. The Morgan fingerprint density at radius 2 is 1.83 bits per heavy atom. The lowest BCUT2D eigenvalue weighted by molar-refractivity contribution is 0.475. The van der Waals surface area contributed by atoms with E-state index < -0.39 is 0 Å². The Balaban J connectivity index is 2.23. The normalized spacial score (nSPS) is 10.7. The molecule has 5 heteroatoms. The second-order valence-corrected chi connectivity index (χ2v) is 5.25. The summed E-state index contributed by atoms with van der Waals surface area (Å²) in [5, 5.41) is 9.48. The standard InChI is InChI=1S/C18H17N3O2/c1-2-14-15(12-5-8-16(23)20-9-12)10-21-18(19)17(14)11-3-6-13(22)7-4-11/h3-10,22H,2H2,1H3,(H2,19,21)(H,20,23). The molecule has 4 N–H and O–H groups in total. The number of aromatic nitrogens is 2. The lowest BCUT2D eigenvalue weighted by atomic mass is 9.92. The van der Waals surface area contributed by atoms with Crippen molar-refractivity contribution in [3.8, 4) is 28.0 Å². The highest BCUT2D eigenvalue weighted by Crippen LogP contribution is 2.35. The number of anilines is 1. The van der Waals surface area contributed by atoms with E-state index in [9.17, 15) is 9.90 Å². The molecular weight excluding hydrogens is 290 g/mol. The summed E-state index contributed by atoms with van der Waals surface area (Å²) >= 11 is 0. The lowest BCUT2D eigenvalue weighted by Crippen LogP contribution is -2.04. The van der Waals surface area contributed by atoms with Gasteiger partial charge in [0.1, 0.15) is 11.6 Å². The number of nitrogen functional groups attached to an aromatic ring is 1. The van der Waals surface area contributed by atoms with Gasteiger partial charge >= 0.3 is 0 Å². The Bertz CT molecular complexity index is 879. The number of aromatic amines is 1. The van der Waals surface area contributed by atoms with Gasteiger partial charge in [-0.15, -0.1) is 0 Å². The van der Waals surface area contributed by atoms with Gasteiger partial charge in [0.15, 0.2) is 0 Å². The van der Waals surface area contributed by atoms with E-state index in [0.717, 1.165) is 34.2 Å². The van der Waals surface area contributed by atoms with Gasteiger partial charge in [-0.2, -0.15) is 0 Å². The third-order valence-electron chi connectivity index (χ3n) is 3.82. The molecule has 0 saturated heterocycles. The van der Waals surface area contributed by atoms with Crippen LogP contribution in [-0.2, 0) is 6.42 Å². The molecule has 0 aliphatic rings. The van der Waals surface area contributed by atoms with Crippen LogP contribution in [0.15, 0.2) is 53.6 Å². The predicted octanol–water partition coefficient (Wildman–Crippen LogP) is 2.95. The van der Waals surface area contributed by atoms with E-state index in [1.807, 2.05) is 19.1 Å². The lowest BCUT2D eigenvalue weighted by Gasteiger charge is -2.15. The van der Waals surface area contributed by atoms with Crippen molar-refractivity contribution < 1.29 is 5.11 Å². The monoisotopic (exact) mass is 307 g/mol. The molecule has 0 atom stereocenters. The van der Waals surface area contributed by atoms with Crippen LogP contribution in [0.25, 0.3) is 22.3 Å². The number of nitrogens with one attached hydrogen (secondary N) is 1. The van der Waals surface area contributed by atoms with E-state index in [4.69, 9.17) is 5.73 Å². The molecular formula is C18H17N3O2. The molecule has 0 bridgehead atoms. The first-order valence-corrected chi connectivity index (χ1v) is 7.36. The summed E-state index contributed by atoms with van der Waals surface area (Å²) in [6, 6.07) is 10.1. The number of rotatable bonds is 3. The number of phenolic OH excluding ortho intramolecular Hbond substituents is 1. The fraction of sp³-hybridized carbons (Fsp3) is 0.111. The average Bonchev–Trinajstić information content (AvgIpc) is 2.56. The van der Waals surface area contributed by atoms with Gasteiger partial charge in [-0.1, -0.05) is 19.1 Å². The maximum Gasteiger partial charge on any atom is 0.247 e. The maximum absolute atomic E-state index is 11.3. The van der Waals surface area contributed by atoms with Gasteiger partial charge in [-0.3, -0.25) is 4.79 Å². The van der Waals surface area contributed by atoms with Crippen LogP contribution in [0.4, 0.5) is 5.82 Å². The molecule has 0 spiro atoms. The number of pyridine rings is 2. The number of phenols is 1. The van der Waals surface area contributed by atoms with Gasteiger partial charge in [0, 0.05) is 29.6 Å². The van der Waals surface area contributed by atoms with Crippen molar-refractivity contribution >= 4 is 5.82 Å². The van der Waals surface area contributed by atoms with E-state index in [1.165, 1.54) is 6.07 Å². The topological polar surface area (TPSA) is 92.0 Å². The molecule has 23 heavy (non-hydrogen) atoms.